The molecule has 5 heterocycles. The fraction of sp³-hybridized carbons (Fsp3) is 0.343. The number of hydrogen-bond donors (Lipinski definition) is 2. The van der Waals surface area contributed by atoms with Gasteiger partial charge in [0.05, 0.1) is 65.4 Å². The minimum Gasteiger partial charge on any atom is -0.378 e. The number of rotatable bonds is 10. The number of aromatic nitrogens is 5. The number of ether oxygens (including phenoxy) is 1. The molecule has 0 spiro atoms. The molecule has 1 saturated carbocycles. The molecule has 232 valence electrons. The Morgan fingerprint density at radius 3 is 2.54 bits per heavy atom. The Balaban J connectivity index is 1.11. The van der Waals surface area contributed by atoms with E-state index in [0.29, 0.717) is 45.7 Å². The van der Waals surface area contributed by atoms with Gasteiger partial charge in [0.15, 0.2) is 0 Å². The summed E-state index contributed by atoms with van der Waals surface area (Å²) in [5.74, 6) is 1.21. The molecule has 2 aliphatic heterocycles. The van der Waals surface area contributed by atoms with Crippen molar-refractivity contribution >= 4 is 33.9 Å². The van der Waals surface area contributed by atoms with Gasteiger partial charge in [-0.05, 0) is 35.7 Å². The van der Waals surface area contributed by atoms with E-state index in [1.165, 1.54) is 0 Å². The third-order valence-electron chi connectivity index (χ3n) is 9.75. The summed E-state index contributed by atoms with van der Waals surface area (Å²) in [7, 11) is 0. The average molecular weight is 632 g/mol. The van der Waals surface area contributed by atoms with Gasteiger partial charge in [-0.25, -0.2) is 4.68 Å². The molecule has 2 aromatic carbocycles. The minimum absolute atomic E-state index is 0.00326. The predicted octanol–water partition coefficient (Wildman–Crippen LogP) is 6.01. The molecular formula is C35H34ClN9O. The van der Waals surface area contributed by atoms with Crippen LogP contribution in [0, 0.1) is 23.2 Å². The molecule has 5 aromatic rings. The minimum atomic E-state index is -0.325. The number of piperidine rings is 1. The summed E-state index contributed by atoms with van der Waals surface area (Å²) in [6.07, 6.45) is 8.10. The Kier molecular flexibility index (Phi) is 7.53. The molecule has 11 heteroatoms. The van der Waals surface area contributed by atoms with Crippen LogP contribution in [0.3, 0.4) is 0 Å². The number of likely N-dealkylation sites (tertiary alicyclic amines) is 1. The van der Waals surface area contributed by atoms with Gasteiger partial charge in [0.25, 0.3) is 0 Å². The highest BCUT2D eigenvalue weighted by atomic mass is 35.5. The maximum atomic E-state index is 10.1. The molecule has 3 fully saturated rings. The van der Waals surface area contributed by atoms with Crippen molar-refractivity contribution < 1.29 is 4.74 Å². The zero-order valence-electron chi connectivity index (χ0n) is 25.4. The largest absolute Gasteiger partial charge is 0.378 e. The Hall–Kier alpha value is -4.56. The second-order valence-electron chi connectivity index (χ2n) is 12.5. The molecule has 5 atom stereocenters. The third kappa shape index (κ3) is 5.24. The average Bonchev–Trinajstić information content (AvgIpc) is 3.36. The van der Waals surface area contributed by atoms with Crippen LogP contribution < -0.4 is 10.6 Å². The van der Waals surface area contributed by atoms with Crippen molar-refractivity contribution in [3.8, 4) is 6.07 Å². The number of hydrogen-bond acceptors (Lipinski definition) is 9. The standard InChI is InChI=1S/C35H34ClN9O/c1-2-30(21-7-4-3-5-8-21)41-32-23(13-37)15-39-34-26(32)11-24(12-29(34)36)40-33(22-9-6-10-38-14-22)31-18-45(43-42-31)35-27-16-44(17-28(27)35)25-19-46-20-25/h3-12,14-15,18,25,27-28,30,33,35,40H,2,16-17,19-20H2,1H3,(H,39,41)/t27-,28+,30-,33+,35-/m1/s1. The van der Waals surface area contributed by atoms with Crippen molar-refractivity contribution in [3.63, 3.8) is 0 Å². The van der Waals surface area contributed by atoms with E-state index < -0.39 is 0 Å². The van der Waals surface area contributed by atoms with E-state index in [1.54, 1.807) is 12.4 Å². The van der Waals surface area contributed by atoms with E-state index in [2.05, 4.69) is 71.8 Å². The van der Waals surface area contributed by atoms with Crippen LogP contribution in [0.1, 0.15) is 53.9 Å². The highest BCUT2D eigenvalue weighted by Gasteiger charge is 2.58. The quantitative estimate of drug-likeness (QED) is 0.191. The summed E-state index contributed by atoms with van der Waals surface area (Å²) in [6, 6.07) is 21.0. The van der Waals surface area contributed by atoms with Gasteiger partial charge in [-0.15, -0.1) is 5.10 Å². The van der Waals surface area contributed by atoms with Crippen LogP contribution in [0.2, 0.25) is 5.02 Å². The van der Waals surface area contributed by atoms with Crippen LogP contribution in [0.25, 0.3) is 10.9 Å². The van der Waals surface area contributed by atoms with Gasteiger partial charge in [0.2, 0.25) is 0 Å². The zero-order chi connectivity index (χ0) is 31.2. The molecule has 8 rings (SSSR count). The number of pyridine rings is 2. The smallest absolute Gasteiger partial charge is 0.110 e. The van der Waals surface area contributed by atoms with E-state index in [9.17, 15) is 5.26 Å². The van der Waals surface area contributed by atoms with Crippen molar-refractivity contribution in [1.82, 2.24) is 29.9 Å². The molecule has 1 aliphatic carbocycles. The molecule has 2 N–H and O–H groups in total. The lowest BCUT2D eigenvalue weighted by atomic mass is 10.0. The summed E-state index contributed by atoms with van der Waals surface area (Å²) < 4.78 is 7.46. The van der Waals surface area contributed by atoms with Crippen LogP contribution >= 0.6 is 11.6 Å². The number of benzene rings is 2. The lowest BCUT2D eigenvalue weighted by Crippen LogP contribution is -2.49. The van der Waals surface area contributed by atoms with Crippen molar-refractivity contribution in [2.75, 3.05) is 36.9 Å². The topological polar surface area (TPSA) is 117 Å². The first-order chi connectivity index (χ1) is 22.6. The van der Waals surface area contributed by atoms with E-state index in [-0.39, 0.29) is 12.1 Å². The second-order valence-corrected chi connectivity index (χ2v) is 12.9. The van der Waals surface area contributed by atoms with Crippen molar-refractivity contribution in [2.45, 2.75) is 37.5 Å². The van der Waals surface area contributed by atoms with E-state index in [0.717, 1.165) is 60.6 Å². The second kappa shape index (κ2) is 12.0. The van der Waals surface area contributed by atoms with Gasteiger partial charge < -0.3 is 15.4 Å². The first kappa shape index (κ1) is 28.9. The first-order valence-corrected chi connectivity index (χ1v) is 16.2. The molecule has 2 saturated heterocycles. The number of halogens is 1. The van der Waals surface area contributed by atoms with Crippen LogP contribution in [-0.4, -0.2) is 62.2 Å². The summed E-state index contributed by atoms with van der Waals surface area (Å²) in [4.78, 5) is 11.5. The maximum Gasteiger partial charge on any atom is 0.110 e. The van der Waals surface area contributed by atoms with Gasteiger partial charge in [0, 0.05) is 54.6 Å². The van der Waals surface area contributed by atoms with Crippen molar-refractivity contribution in [3.05, 3.63) is 107 Å². The summed E-state index contributed by atoms with van der Waals surface area (Å²) >= 11 is 6.88. The van der Waals surface area contributed by atoms with Gasteiger partial charge in [0.1, 0.15) is 11.8 Å². The monoisotopic (exact) mass is 631 g/mol. The number of nitrogens with zero attached hydrogens (tertiary/aromatic N) is 7. The lowest BCUT2D eigenvalue weighted by molar-refractivity contribution is -0.0617. The third-order valence-corrected chi connectivity index (χ3v) is 10.0. The van der Waals surface area contributed by atoms with Crippen molar-refractivity contribution in [2.24, 2.45) is 11.8 Å². The number of nitriles is 1. The molecule has 10 nitrogen and oxygen atoms in total. The summed E-state index contributed by atoms with van der Waals surface area (Å²) in [6.45, 7) is 6.02. The summed E-state index contributed by atoms with van der Waals surface area (Å²) in [5.41, 5.74) is 5.47. The zero-order valence-corrected chi connectivity index (χ0v) is 26.2. The Morgan fingerprint density at radius 2 is 1.85 bits per heavy atom. The van der Waals surface area contributed by atoms with E-state index >= 15 is 0 Å². The van der Waals surface area contributed by atoms with Crippen LogP contribution in [0.5, 0.6) is 0 Å². The highest BCUT2D eigenvalue weighted by Crippen LogP contribution is 2.55. The Morgan fingerprint density at radius 1 is 1.04 bits per heavy atom. The van der Waals surface area contributed by atoms with Crippen molar-refractivity contribution in [1.29, 1.82) is 5.26 Å². The summed E-state index contributed by atoms with van der Waals surface area (Å²) in [5, 5.41) is 27.9. The lowest BCUT2D eigenvalue weighted by Gasteiger charge is -2.35. The fourth-order valence-corrected chi connectivity index (χ4v) is 7.39. The highest BCUT2D eigenvalue weighted by molar-refractivity contribution is 6.35. The van der Waals surface area contributed by atoms with E-state index in [1.807, 2.05) is 48.7 Å². The number of fused-ring (bicyclic) bond motifs is 2. The van der Waals surface area contributed by atoms with E-state index in [4.69, 9.17) is 16.3 Å². The first-order valence-electron chi connectivity index (χ1n) is 15.8. The number of nitrogens with one attached hydrogen (secondary N) is 2. The SMILES string of the molecule is CC[C@@H](Nc1c(C#N)cnc2c(Cl)cc(N[C@@H](c3cccnc3)c3cn([C@@H]4[C@@H]5CN(C6COC6)C[C@@H]54)nn3)cc12)c1ccccc1. The molecule has 0 amide bonds. The van der Waals surface area contributed by atoms with Gasteiger partial charge in [-0.3, -0.25) is 14.9 Å². The van der Waals surface area contributed by atoms with Gasteiger partial charge >= 0.3 is 0 Å². The maximum absolute atomic E-state index is 10.1. The normalized spacial score (nSPS) is 22.1. The van der Waals surface area contributed by atoms with Crippen LogP contribution in [0.15, 0.2) is 79.4 Å². The number of anilines is 2. The predicted molar refractivity (Wildman–Crippen MR) is 176 cm³/mol. The molecule has 46 heavy (non-hydrogen) atoms. The Bertz CT molecular complexity index is 1890. The molecule has 0 unspecified atom stereocenters. The Labute approximate surface area is 272 Å². The molecule has 3 aromatic heterocycles. The molecular weight excluding hydrogens is 598 g/mol. The van der Waals surface area contributed by atoms with Gasteiger partial charge in [-0.1, -0.05) is 60.1 Å². The molecule has 0 radical (unpaired) electrons. The van der Waals surface area contributed by atoms with Gasteiger partial charge in [-0.2, -0.15) is 5.26 Å². The molecule has 0 bridgehead atoms. The van der Waals surface area contributed by atoms with Crippen LogP contribution in [-0.2, 0) is 4.74 Å². The fourth-order valence-electron chi connectivity index (χ4n) is 7.13. The molecule has 3 aliphatic rings. The van der Waals surface area contributed by atoms with Crippen LogP contribution in [0.4, 0.5) is 11.4 Å².